The van der Waals surface area contributed by atoms with E-state index in [0.717, 1.165) is 5.92 Å². The molecule has 0 bridgehead atoms. The Bertz CT molecular complexity index is 326. The lowest BCUT2D eigenvalue weighted by atomic mass is 9.84. The maximum atomic E-state index is 2.65. The maximum absolute atomic E-state index is 2.65. The van der Waals surface area contributed by atoms with Crippen molar-refractivity contribution in [3.63, 3.8) is 0 Å². The van der Waals surface area contributed by atoms with Crippen molar-refractivity contribution in [2.24, 2.45) is 5.92 Å². The van der Waals surface area contributed by atoms with Crippen LogP contribution in [0.25, 0.3) is 0 Å². The molecule has 1 aliphatic heterocycles. The van der Waals surface area contributed by atoms with Gasteiger partial charge in [0.1, 0.15) is 0 Å². The molecular formula is C16H29NS. The number of unbranched alkanes of at least 4 members (excludes halogenated alkanes) is 1. The Balaban J connectivity index is 2.09. The van der Waals surface area contributed by atoms with Gasteiger partial charge in [-0.25, -0.2) is 0 Å². The van der Waals surface area contributed by atoms with Crippen molar-refractivity contribution in [1.82, 2.24) is 4.31 Å². The number of rotatable bonds is 5. The SMILES string of the molecule is CCCCS1(N(C)C)C=CC(C2CCCCC2)=C1. The Kier molecular flexibility index (Phi) is 4.97. The summed E-state index contributed by atoms with van der Waals surface area (Å²) in [6.07, 6.45) is 12.3. The van der Waals surface area contributed by atoms with Crippen LogP contribution in [0, 0.1) is 5.92 Å². The molecule has 0 aromatic heterocycles. The average molecular weight is 267 g/mol. The van der Waals surface area contributed by atoms with Crippen LogP contribution in [0.2, 0.25) is 0 Å². The zero-order chi connectivity index (χ0) is 13.0. The standard InChI is InChI=1S/C16H29NS/c1-4-5-12-18(17(2)3)13-11-16(14-18)15-9-7-6-8-10-15/h11,13-15H,4-10,12H2,1-3H3. The Hall–Kier alpha value is -0.210. The van der Waals surface area contributed by atoms with Gasteiger partial charge in [-0.15, -0.1) is 10.2 Å². The lowest BCUT2D eigenvalue weighted by Gasteiger charge is -2.39. The van der Waals surface area contributed by atoms with Gasteiger partial charge in [0.15, 0.2) is 0 Å². The van der Waals surface area contributed by atoms with Crippen LogP contribution in [0.1, 0.15) is 51.9 Å². The predicted octanol–water partition coefficient (Wildman–Crippen LogP) is 5.06. The molecule has 2 heteroatoms. The third kappa shape index (κ3) is 3.03. The van der Waals surface area contributed by atoms with Crippen LogP contribution in [-0.2, 0) is 0 Å². The highest BCUT2D eigenvalue weighted by molar-refractivity contribution is 8.36. The van der Waals surface area contributed by atoms with E-state index in [-0.39, 0.29) is 0 Å². The molecule has 0 aromatic rings. The van der Waals surface area contributed by atoms with Crippen LogP contribution in [0.5, 0.6) is 0 Å². The number of allylic oxidation sites excluding steroid dienone is 2. The fraction of sp³-hybridized carbons (Fsp3) is 0.750. The van der Waals surface area contributed by atoms with Gasteiger partial charge in [0.05, 0.1) is 0 Å². The molecule has 104 valence electrons. The molecular weight excluding hydrogens is 238 g/mol. The zero-order valence-electron chi connectivity index (χ0n) is 12.3. The average Bonchev–Trinajstić information content (AvgIpc) is 2.83. The van der Waals surface area contributed by atoms with Gasteiger partial charge >= 0.3 is 0 Å². The molecule has 1 fully saturated rings. The van der Waals surface area contributed by atoms with Crippen LogP contribution >= 0.6 is 10.2 Å². The Morgan fingerprint density at radius 1 is 1.22 bits per heavy atom. The van der Waals surface area contributed by atoms with E-state index in [9.17, 15) is 0 Å². The molecule has 0 amide bonds. The lowest BCUT2D eigenvalue weighted by Crippen LogP contribution is -2.18. The van der Waals surface area contributed by atoms with E-state index in [1.54, 1.807) is 5.57 Å². The first-order chi connectivity index (χ1) is 8.68. The van der Waals surface area contributed by atoms with E-state index in [2.05, 4.69) is 42.2 Å². The van der Waals surface area contributed by atoms with E-state index in [0.29, 0.717) is 0 Å². The predicted molar refractivity (Wildman–Crippen MR) is 84.9 cm³/mol. The van der Waals surface area contributed by atoms with Crippen molar-refractivity contribution in [1.29, 1.82) is 0 Å². The maximum Gasteiger partial charge on any atom is -0.00364 e. The van der Waals surface area contributed by atoms with Gasteiger partial charge in [-0.3, -0.25) is 4.31 Å². The molecule has 2 aliphatic rings. The first kappa shape index (κ1) is 14.2. The minimum atomic E-state index is -0.748. The highest BCUT2D eigenvalue weighted by atomic mass is 32.3. The molecule has 2 rings (SSSR count). The summed E-state index contributed by atoms with van der Waals surface area (Å²) < 4.78 is 2.48. The summed E-state index contributed by atoms with van der Waals surface area (Å²) in [5.74, 6) is 2.22. The summed E-state index contributed by atoms with van der Waals surface area (Å²) in [6, 6.07) is 0. The first-order valence-corrected chi connectivity index (χ1v) is 9.45. The molecule has 1 aliphatic carbocycles. The molecule has 0 spiro atoms. The molecule has 1 nitrogen and oxygen atoms in total. The van der Waals surface area contributed by atoms with E-state index in [1.807, 2.05) is 0 Å². The fourth-order valence-electron chi connectivity index (χ4n) is 3.09. The molecule has 0 saturated heterocycles. The quantitative estimate of drug-likeness (QED) is 0.673. The normalized spacial score (nSPS) is 32.6. The van der Waals surface area contributed by atoms with Crippen LogP contribution in [0.4, 0.5) is 0 Å². The van der Waals surface area contributed by atoms with E-state index < -0.39 is 10.2 Å². The molecule has 18 heavy (non-hydrogen) atoms. The molecule has 1 atom stereocenters. The van der Waals surface area contributed by atoms with Crippen LogP contribution in [0.3, 0.4) is 0 Å². The highest BCUT2D eigenvalue weighted by Crippen LogP contribution is 2.59. The summed E-state index contributed by atoms with van der Waals surface area (Å²) in [6.45, 7) is 2.30. The van der Waals surface area contributed by atoms with Crippen LogP contribution in [0.15, 0.2) is 22.5 Å². The number of hydrogen-bond donors (Lipinski definition) is 0. The second-order valence-corrected chi connectivity index (χ2v) is 9.20. The largest absolute Gasteiger partial charge is 0.267 e. The Labute approximate surface area is 115 Å². The monoisotopic (exact) mass is 267 g/mol. The summed E-state index contributed by atoms with van der Waals surface area (Å²) in [4.78, 5) is 0. The van der Waals surface area contributed by atoms with Gasteiger partial charge in [0.2, 0.25) is 0 Å². The molecule has 1 unspecified atom stereocenters. The second-order valence-electron chi connectivity index (χ2n) is 5.93. The fourth-order valence-corrected chi connectivity index (χ4v) is 6.13. The van der Waals surface area contributed by atoms with Crippen molar-refractivity contribution in [3.05, 3.63) is 22.5 Å². The van der Waals surface area contributed by atoms with Crippen molar-refractivity contribution in [2.75, 3.05) is 19.8 Å². The minimum Gasteiger partial charge on any atom is -0.267 e. The van der Waals surface area contributed by atoms with E-state index >= 15 is 0 Å². The van der Waals surface area contributed by atoms with Crippen molar-refractivity contribution in [2.45, 2.75) is 51.9 Å². The van der Waals surface area contributed by atoms with Crippen molar-refractivity contribution in [3.8, 4) is 0 Å². The van der Waals surface area contributed by atoms with Gasteiger partial charge in [-0.2, -0.15) is 0 Å². The van der Waals surface area contributed by atoms with Crippen molar-refractivity contribution >= 4 is 10.2 Å². The Morgan fingerprint density at radius 2 is 1.94 bits per heavy atom. The molecule has 0 radical (unpaired) electrons. The third-order valence-electron chi connectivity index (χ3n) is 4.42. The van der Waals surface area contributed by atoms with E-state index in [4.69, 9.17) is 0 Å². The molecule has 0 N–H and O–H groups in total. The summed E-state index contributed by atoms with van der Waals surface area (Å²) >= 11 is 0. The zero-order valence-corrected chi connectivity index (χ0v) is 13.1. The molecule has 0 aromatic carbocycles. The van der Waals surface area contributed by atoms with Crippen molar-refractivity contribution < 1.29 is 0 Å². The van der Waals surface area contributed by atoms with Crippen LogP contribution < -0.4 is 0 Å². The van der Waals surface area contributed by atoms with E-state index in [1.165, 1.54) is 50.7 Å². The van der Waals surface area contributed by atoms with Gasteiger partial charge in [0, 0.05) is 0 Å². The highest BCUT2D eigenvalue weighted by Gasteiger charge is 2.28. The summed E-state index contributed by atoms with van der Waals surface area (Å²) in [5, 5.41) is 5.19. The lowest BCUT2D eigenvalue weighted by molar-refractivity contribution is 0.409. The number of nitrogens with zero attached hydrogens (tertiary/aromatic N) is 1. The Morgan fingerprint density at radius 3 is 2.56 bits per heavy atom. The minimum absolute atomic E-state index is 0.748. The van der Waals surface area contributed by atoms with Gasteiger partial charge < -0.3 is 0 Å². The second kappa shape index (κ2) is 6.29. The summed E-state index contributed by atoms with van der Waals surface area (Å²) in [5.41, 5.74) is 1.66. The third-order valence-corrected chi connectivity index (χ3v) is 8.01. The smallest absolute Gasteiger partial charge is 0.00364 e. The van der Waals surface area contributed by atoms with Gasteiger partial charge in [-0.1, -0.05) is 38.7 Å². The topological polar surface area (TPSA) is 3.24 Å². The summed E-state index contributed by atoms with van der Waals surface area (Å²) in [7, 11) is 3.77. The van der Waals surface area contributed by atoms with Gasteiger partial charge in [-0.05, 0) is 61.4 Å². The van der Waals surface area contributed by atoms with Gasteiger partial charge in [0.25, 0.3) is 0 Å². The van der Waals surface area contributed by atoms with Crippen LogP contribution in [-0.4, -0.2) is 24.2 Å². The molecule has 1 heterocycles. The molecule has 1 saturated carbocycles. The first-order valence-electron chi connectivity index (χ1n) is 7.56. The number of hydrogen-bond acceptors (Lipinski definition) is 1.